The first-order chi connectivity index (χ1) is 8.24. The summed E-state index contributed by atoms with van der Waals surface area (Å²) in [4.78, 5) is 25.8. The van der Waals surface area contributed by atoms with Crippen LogP contribution in [-0.2, 0) is 9.59 Å². The molecule has 2 aliphatic carbocycles. The number of carbonyl (C=O) groups excluding carboxylic acids is 2. The SMILES string of the molecule is O=C(NC1CC1)[C@@H]1CC(=O)N(C2CCCC2)C1. The fraction of sp³-hybridized carbons (Fsp3) is 0.846. The van der Waals surface area contributed by atoms with Crippen LogP contribution in [0.5, 0.6) is 0 Å². The molecule has 1 heterocycles. The Balaban J connectivity index is 1.57. The second kappa shape index (κ2) is 4.31. The monoisotopic (exact) mass is 236 g/mol. The van der Waals surface area contributed by atoms with Crippen LogP contribution >= 0.6 is 0 Å². The Bertz CT molecular complexity index is 332. The number of nitrogens with zero attached hydrogens (tertiary/aromatic N) is 1. The molecular formula is C13H20N2O2. The summed E-state index contributed by atoms with van der Waals surface area (Å²) in [7, 11) is 0. The van der Waals surface area contributed by atoms with Crippen LogP contribution in [0.15, 0.2) is 0 Å². The Kier molecular flexibility index (Phi) is 2.81. The van der Waals surface area contributed by atoms with Gasteiger partial charge in [-0.05, 0) is 25.7 Å². The largest absolute Gasteiger partial charge is 0.353 e. The number of carbonyl (C=O) groups is 2. The third kappa shape index (κ3) is 2.31. The van der Waals surface area contributed by atoms with Gasteiger partial charge < -0.3 is 10.2 Å². The molecule has 3 rings (SSSR count). The number of nitrogens with one attached hydrogen (secondary N) is 1. The van der Waals surface area contributed by atoms with E-state index in [4.69, 9.17) is 0 Å². The molecule has 3 aliphatic rings. The van der Waals surface area contributed by atoms with Gasteiger partial charge in [0.15, 0.2) is 0 Å². The van der Waals surface area contributed by atoms with Crippen LogP contribution in [0.1, 0.15) is 44.9 Å². The fourth-order valence-electron chi connectivity index (χ4n) is 3.02. The van der Waals surface area contributed by atoms with E-state index < -0.39 is 0 Å². The lowest BCUT2D eigenvalue weighted by Gasteiger charge is -2.23. The molecule has 0 unspecified atom stereocenters. The molecule has 0 radical (unpaired) electrons. The van der Waals surface area contributed by atoms with Gasteiger partial charge in [-0.3, -0.25) is 9.59 Å². The average Bonchev–Trinajstić information content (AvgIpc) is 2.81. The van der Waals surface area contributed by atoms with E-state index in [-0.39, 0.29) is 17.7 Å². The van der Waals surface area contributed by atoms with Crippen molar-refractivity contribution in [1.82, 2.24) is 10.2 Å². The molecule has 3 fully saturated rings. The van der Waals surface area contributed by atoms with Gasteiger partial charge in [0, 0.05) is 25.0 Å². The van der Waals surface area contributed by atoms with Gasteiger partial charge in [0.25, 0.3) is 0 Å². The first-order valence-electron chi connectivity index (χ1n) is 6.84. The third-order valence-corrected chi connectivity index (χ3v) is 4.22. The van der Waals surface area contributed by atoms with Crippen LogP contribution in [0, 0.1) is 5.92 Å². The van der Waals surface area contributed by atoms with Crippen molar-refractivity contribution in [2.75, 3.05) is 6.54 Å². The Morgan fingerprint density at radius 1 is 1.18 bits per heavy atom. The molecule has 0 bridgehead atoms. The van der Waals surface area contributed by atoms with Gasteiger partial charge >= 0.3 is 0 Å². The van der Waals surface area contributed by atoms with Crippen LogP contribution in [-0.4, -0.2) is 35.3 Å². The smallest absolute Gasteiger partial charge is 0.225 e. The van der Waals surface area contributed by atoms with Gasteiger partial charge in [-0.15, -0.1) is 0 Å². The molecule has 0 aromatic heterocycles. The number of rotatable bonds is 3. The zero-order chi connectivity index (χ0) is 11.8. The zero-order valence-electron chi connectivity index (χ0n) is 10.2. The van der Waals surface area contributed by atoms with E-state index in [0.29, 0.717) is 25.0 Å². The molecule has 0 aromatic carbocycles. The van der Waals surface area contributed by atoms with Crippen LogP contribution < -0.4 is 5.32 Å². The molecule has 1 saturated heterocycles. The summed E-state index contributed by atoms with van der Waals surface area (Å²) in [6, 6.07) is 0.819. The quantitative estimate of drug-likeness (QED) is 0.796. The molecular weight excluding hydrogens is 216 g/mol. The van der Waals surface area contributed by atoms with Gasteiger partial charge in [0.1, 0.15) is 0 Å². The first kappa shape index (κ1) is 11.1. The van der Waals surface area contributed by atoms with Gasteiger partial charge in [-0.25, -0.2) is 0 Å². The molecule has 1 atom stereocenters. The Morgan fingerprint density at radius 3 is 2.53 bits per heavy atom. The second-order valence-electron chi connectivity index (χ2n) is 5.67. The molecule has 94 valence electrons. The highest BCUT2D eigenvalue weighted by Gasteiger charge is 2.39. The molecule has 2 saturated carbocycles. The first-order valence-corrected chi connectivity index (χ1v) is 6.84. The van der Waals surface area contributed by atoms with Crippen LogP contribution in [0.3, 0.4) is 0 Å². The maximum absolute atomic E-state index is 11.9. The van der Waals surface area contributed by atoms with E-state index in [1.807, 2.05) is 4.90 Å². The molecule has 17 heavy (non-hydrogen) atoms. The van der Waals surface area contributed by atoms with Crippen molar-refractivity contribution in [3.05, 3.63) is 0 Å². The lowest BCUT2D eigenvalue weighted by Crippen LogP contribution is -2.37. The molecule has 4 nitrogen and oxygen atoms in total. The Labute approximate surface area is 102 Å². The van der Waals surface area contributed by atoms with Crippen molar-refractivity contribution in [3.63, 3.8) is 0 Å². The molecule has 1 aliphatic heterocycles. The minimum atomic E-state index is -0.0938. The van der Waals surface area contributed by atoms with E-state index in [1.165, 1.54) is 12.8 Å². The number of likely N-dealkylation sites (tertiary alicyclic amines) is 1. The topological polar surface area (TPSA) is 49.4 Å². The van der Waals surface area contributed by atoms with Gasteiger partial charge in [-0.2, -0.15) is 0 Å². The van der Waals surface area contributed by atoms with Crippen LogP contribution in [0.2, 0.25) is 0 Å². The zero-order valence-corrected chi connectivity index (χ0v) is 10.2. The fourth-order valence-corrected chi connectivity index (χ4v) is 3.02. The highest BCUT2D eigenvalue weighted by molar-refractivity contribution is 5.89. The maximum Gasteiger partial charge on any atom is 0.225 e. The molecule has 2 amide bonds. The summed E-state index contributed by atoms with van der Waals surface area (Å²) >= 11 is 0. The van der Waals surface area contributed by atoms with Crippen molar-refractivity contribution in [2.24, 2.45) is 5.92 Å². The lowest BCUT2D eigenvalue weighted by molar-refractivity contribution is -0.130. The number of hydrogen-bond acceptors (Lipinski definition) is 2. The van der Waals surface area contributed by atoms with Gasteiger partial charge in [-0.1, -0.05) is 12.8 Å². The van der Waals surface area contributed by atoms with Crippen molar-refractivity contribution < 1.29 is 9.59 Å². The minimum absolute atomic E-state index is 0.0938. The molecule has 1 N–H and O–H groups in total. The van der Waals surface area contributed by atoms with Crippen LogP contribution in [0.4, 0.5) is 0 Å². The van der Waals surface area contributed by atoms with E-state index >= 15 is 0 Å². The highest BCUT2D eigenvalue weighted by atomic mass is 16.2. The number of hydrogen-bond donors (Lipinski definition) is 1. The maximum atomic E-state index is 11.9. The summed E-state index contributed by atoms with van der Waals surface area (Å²) < 4.78 is 0. The van der Waals surface area contributed by atoms with Crippen LogP contribution in [0.25, 0.3) is 0 Å². The summed E-state index contributed by atoms with van der Waals surface area (Å²) in [5, 5.41) is 3.01. The Hall–Kier alpha value is -1.06. The average molecular weight is 236 g/mol. The van der Waals surface area contributed by atoms with E-state index in [2.05, 4.69) is 5.32 Å². The van der Waals surface area contributed by atoms with Crippen molar-refractivity contribution in [2.45, 2.75) is 57.0 Å². The lowest BCUT2D eigenvalue weighted by atomic mass is 10.1. The van der Waals surface area contributed by atoms with Gasteiger partial charge in [0.2, 0.25) is 11.8 Å². The van der Waals surface area contributed by atoms with E-state index in [1.54, 1.807) is 0 Å². The minimum Gasteiger partial charge on any atom is -0.353 e. The summed E-state index contributed by atoms with van der Waals surface area (Å²) in [5.41, 5.74) is 0. The van der Waals surface area contributed by atoms with Crippen molar-refractivity contribution in [1.29, 1.82) is 0 Å². The standard InChI is InChI=1S/C13H20N2O2/c16-12-7-9(13(17)14-10-5-6-10)8-15(12)11-3-1-2-4-11/h9-11H,1-8H2,(H,14,17)/t9-/m1/s1. The predicted octanol–water partition coefficient (Wildman–Crippen LogP) is 1.06. The predicted molar refractivity (Wildman–Crippen MR) is 63.2 cm³/mol. The van der Waals surface area contributed by atoms with Crippen molar-refractivity contribution >= 4 is 11.8 Å². The van der Waals surface area contributed by atoms with E-state index in [0.717, 1.165) is 25.7 Å². The number of amides is 2. The summed E-state index contributed by atoms with van der Waals surface area (Å²) in [5.74, 6) is 0.192. The van der Waals surface area contributed by atoms with Crippen molar-refractivity contribution in [3.8, 4) is 0 Å². The summed E-state index contributed by atoms with van der Waals surface area (Å²) in [6.07, 6.45) is 7.36. The molecule has 0 spiro atoms. The third-order valence-electron chi connectivity index (χ3n) is 4.22. The second-order valence-corrected chi connectivity index (χ2v) is 5.67. The normalized spacial score (nSPS) is 30.0. The summed E-state index contributed by atoms with van der Waals surface area (Å²) in [6.45, 7) is 0.655. The molecule has 4 heteroatoms. The Morgan fingerprint density at radius 2 is 1.88 bits per heavy atom. The van der Waals surface area contributed by atoms with E-state index in [9.17, 15) is 9.59 Å². The van der Waals surface area contributed by atoms with Gasteiger partial charge in [0.05, 0.1) is 5.92 Å². The molecule has 0 aromatic rings. The highest BCUT2D eigenvalue weighted by Crippen LogP contribution is 2.30.